The van der Waals surface area contributed by atoms with E-state index >= 15 is 0 Å². The molecule has 0 saturated heterocycles. The van der Waals surface area contributed by atoms with E-state index in [0.29, 0.717) is 0 Å². The van der Waals surface area contributed by atoms with Crippen LogP contribution < -0.4 is 0 Å². The minimum atomic E-state index is -0.0373. The molecule has 0 aliphatic carbocycles. The molecule has 3 aromatic rings. The highest BCUT2D eigenvalue weighted by molar-refractivity contribution is 5.94. The smallest absolute Gasteiger partial charge is 0.130 e. The summed E-state index contributed by atoms with van der Waals surface area (Å²) in [6, 6.07) is 9.82. The molecule has 1 aromatic heterocycles. The SMILES string of the molecule is C=C(C)c1cc(C(C)(C)C)cc(-c2cccc3n[nH]nc23)c1O. The van der Waals surface area contributed by atoms with Gasteiger partial charge in [0.15, 0.2) is 0 Å². The molecule has 4 heteroatoms. The van der Waals surface area contributed by atoms with Gasteiger partial charge in [0.1, 0.15) is 16.8 Å². The van der Waals surface area contributed by atoms with Crippen LogP contribution in [-0.4, -0.2) is 20.5 Å². The van der Waals surface area contributed by atoms with Crippen LogP contribution in [-0.2, 0) is 5.41 Å². The molecule has 1 heterocycles. The number of fused-ring (bicyclic) bond motifs is 1. The van der Waals surface area contributed by atoms with Gasteiger partial charge in [-0.2, -0.15) is 15.4 Å². The molecule has 0 spiro atoms. The van der Waals surface area contributed by atoms with Crippen LogP contribution in [0.2, 0.25) is 0 Å². The molecule has 2 aromatic carbocycles. The minimum Gasteiger partial charge on any atom is -0.507 e. The van der Waals surface area contributed by atoms with Crippen molar-refractivity contribution in [2.75, 3.05) is 0 Å². The molecule has 23 heavy (non-hydrogen) atoms. The summed E-state index contributed by atoms with van der Waals surface area (Å²) in [6.45, 7) is 12.4. The van der Waals surface area contributed by atoms with Crippen LogP contribution in [0.5, 0.6) is 5.75 Å². The van der Waals surface area contributed by atoms with Crippen molar-refractivity contribution in [2.45, 2.75) is 33.1 Å². The van der Waals surface area contributed by atoms with E-state index in [9.17, 15) is 5.11 Å². The first-order valence-electron chi connectivity index (χ1n) is 7.62. The quantitative estimate of drug-likeness (QED) is 0.723. The predicted octanol–water partition coefficient (Wildman–Crippen LogP) is 4.66. The lowest BCUT2D eigenvalue weighted by molar-refractivity contribution is 0.474. The van der Waals surface area contributed by atoms with Gasteiger partial charge in [-0.25, -0.2) is 0 Å². The van der Waals surface area contributed by atoms with Crippen LogP contribution in [0.15, 0.2) is 36.9 Å². The Kier molecular flexibility index (Phi) is 3.48. The van der Waals surface area contributed by atoms with Gasteiger partial charge in [0, 0.05) is 16.7 Å². The number of nitrogens with zero attached hydrogens (tertiary/aromatic N) is 2. The van der Waals surface area contributed by atoms with E-state index in [1.165, 1.54) is 0 Å². The summed E-state index contributed by atoms with van der Waals surface area (Å²) < 4.78 is 0. The number of hydrogen-bond donors (Lipinski definition) is 2. The first kappa shape index (κ1) is 15.3. The Labute approximate surface area is 135 Å². The lowest BCUT2D eigenvalue weighted by Crippen LogP contribution is -2.11. The Hall–Kier alpha value is -2.62. The van der Waals surface area contributed by atoms with Crippen LogP contribution in [0.3, 0.4) is 0 Å². The van der Waals surface area contributed by atoms with Gasteiger partial charge in [-0.15, -0.1) is 0 Å². The Morgan fingerprint density at radius 1 is 1.13 bits per heavy atom. The zero-order valence-corrected chi connectivity index (χ0v) is 13.9. The summed E-state index contributed by atoms with van der Waals surface area (Å²) in [5, 5.41) is 21.8. The third-order valence-electron chi connectivity index (χ3n) is 4.07. The standard InChI is InChI=1S/C19H21N3O/c1-11(2)14-9-12(19(3,4)5)10-15(18(14)23)13-7-6-8-16-17(13)21-22-20-16/h6-10,23H,1H2,2-5H3,(H,20,21,22). The molecule has 0 bridgehead atoms. The zero-order chi connectivity index (χ0) is 16.8. The number of rotatable bonds is 2. The molecule has 0 amide bonds. The maximum atomic E-state index is 10.8. The third-order valence-corrected chi connectivity index (χ3v) is 4.07. The summed E-state index contributed by atoms with van der Waals surface area (Å²) in [4.78, 5) is 0. The van der Waals surface area contributed by atoms with Crippen molar-refractivity contribution < 1.29 is 5.11 Å². The van der Waals surface area contributed by atoms with Gasteiger partial charge in [-0.1, -0.05) is 39.5 Å². The highest BCUT2D eigenvalue weighted by Crippen LogP contribution is 2.41. The fourth-order valence-electron chi connectivity index (χ4n) is 2.68. The molecular formula is C19H21N3O. The number of aromatic amines is 1. The Bertz CT molecular complexity index is 901. The zero-order valence-electron chi connectivity index (χ0n) is 13.9. The number of benzene rings is 2. The molecule has 0 saturated carbocycles. The Morgan fingerprint density at radius 3 is 2.52 bits per heavy atom. The van der Waals surface area contributed by atoms with E-state index in [1.54, 1.807) is 0 Å². The highest BCUT2D eigenvalue weighted by Gasteiger charge is 2.21. The number of phenols is 1. The summed E-state index contributed by atoms with van der Waals surface area (Å²) in [7, 11) is 0. The fraction of sp³-hybridized carbons (Fsp3) is 0.263. The van der Waals surface area contributed by atoms with E-state index in [1.807, 2.05) is 37.3 Å². The van der Waals surface area contributed by atoms with Gasteiger partial charge in [-0.05, 0) is 41.7 Å². The van der Waals surface area contributed by atoms with E-state index in [-0.39, 0.29) is 11.2 Å². The molecule has 0 radical (unpaired) electrons. The summed E-state index contributed by atoms with van der Waals surface area (Å²) in [6.07, 6.45) is 0. The van der Waals surface area contributed by atoms with Crippen LogP contribution in [0, 0.1) is 0 Å². The van der Waals surface area contributed by atoms with Gasteiger partial charge < -0.3 is 5.11 Å². The first-order valence-corrected chi connectivity index (χ1v) is 7.62. The average Bonchev–Trinajstić information content (AvgIpc) is 2.94. The molecule has 4 nitrogen and oxygen atoms in total. The minimum absolute atomic E-state index is 0.0373. The highest BCUT2D eigenvalue weighted by atomic mass is 16.3. The fourth-order valence-corrected chi connectivity index (χ4v) is 2.68. The topological polar surface area (TPSA) is 61.8 Å². The molecule has 0 aliphatic rings. The van der Waals surface area contributed by atoms with Crippen molar-refractivity contribution >= 4 is 16.6 Å². The van der Waals surface area contributed by atoms with Crippen molar-refractivity contribution in [2.24, 2.45) is 0 Å². The van der Waals surface area contributed by atoms with Gasteiger partial charge in [0.05, 0.1) is 0 Å². The summed E-state index contributed by atoms with van der Waals surface area (Å²) in [5.41, 5.74) is 5.86. The Balaban J connectivity index is 2.36. The van der Waals surface area contributed by atoms with Gasteiger partial charge in [0.25, 0.3) is 0 Å². The Morgan fingerprint density at radius 2 is 1.87 bits per heavy atom. The number of aromatic nitrogens is 3. The molecular weight excluding hydrogens is 286 g/mol. The monoisotopic (exact) mass is 307 g/mol. The third kappa shape index (κ3) is 2.61. The van der Waals surface area contributed by atoms with Gasteiger partial charge in [0.2, 0.25) is 0 Å². The molecule has 2 N–H and O–H groups in total. The van der Waals surface area contributed by atoms with Crippen LogP contribution >= 0.6 is 0 Å². The number of nitrogens with one attached hydrogen (secondary N) is 1. The number of para-hydroxylation sites is 1. The van der Waals surface area contributed by atoms with Crippen molar-refractivity contribution in [1.29, 1.82) is 0 Å². The van der Waals surface area contributed by atoms with Crippen molar-refractivity contribution in [1.82, 2.24) is 15.4 Å². The number of phenolic OH excluding ortho intramolecular Hbond substituents is 1. The van der Waals surface area contributed by atoms with Crippen LogP contribution in [0.1, 0.15) is 38.8 Å². The van der Waals surface area contributed by atoms with Crippen molar-refractivity contribution in [3.05, 3.63) is 48.0 Å². The lowest BCUT2D eigenvalue weighted by Gasteiger charge is -2.22. The van der Waals surface area contributed by atoms with Gasteiger partial charge in [-0.3, -0.25) is 0 Å². The number of hydrogen-bond acceptors (Lipinski definition) is 3. The van der Waals surface area contributed by atoms with E-state index in [4.69, 9.17) is 0 Å². The predicted molar refractivity (Wildman–Crippen MR) is 94.4 cm³/mol. The molecule has 118 valence electrons. The molecule has 3 rings (SSSR count). The first-order chi connectivity index (χ1) is 10.8. The second-order valence-corrected chi connectivity index (χ2v) is 6.95. The van der Waals surface area contributed by atoms with Crippen LogP contribution in [0.4, 0.5) is 0 Å². The van der Waals surface area contributed by atoms with E-state index in [0.717, 1.165) is 38.9 Å². The van der Waals surface area contributed by atoms with Crippen molar-refractivity contribution in [3.63, 3.8) is 0 Å². The number of aromatic hydroxyl groups is 1. The van der Waals surface area contributed by atoms with Crippen LogP contribution in [0.25, 0.3) is 27.7 Å². The molecule has 0 fully saturated rings. The average molecular weight is 307 g/mol. The summed E-state index contributed by atoms with van der Waals surface area (Å²) in [5.74, 6) is 0.237. The maximum Gasteiger partial charge on any atom is 0.130 e. The van der Waals surface area contributed by atoms with E-state index in [2.05, 4.69) is 42.8 Å². The molecule has 0 aliphatic heterocycles. The van der Waals surface area contributed by atoms with E-state index < -0.39 is 0 Å². The maximum absolute atomic E-state index is 10.8. The molecule has 0 atom stereocenters. The number of allylic oxidation sites excluding steroid dienone is 1. The lowest BCUT2D eigenvalue weighted by atomic mass is 9.83. The molecule has 0 unspecified atom stereocenters. The van der Waals surface area contributed by atoms with Gasteiger partial charge >= 0.3 is 0 Å². The summed E-state index contributed by atoms with van der Waals surface area (Å²) >= 11 is 0. The number of H-pyrrole nitrogens is 1. The second-order valence-electron chi connectivity index (χ2n) is 6.95. The normalized spacial score (nSPS) is 11.8. The largest absolute Gasteiger partial charge is 0.507 e. The second kappa shape index (κ2) is 5.23. The van der Waals surface area contributed by atoms with Crippen molar-refractivity contribution in [3.8, 4) is 16.9 Å².